The van der Waals surface area contributed by atoms with E-state index in [1.54, 1.807) is 11.1 Å². The first-order chi connectivity index (χ1) is 10.5. The van der Waals surface area contributed by atoms with Crippen LogP contribution in [-0.2, 0) is 10.3 Å². The number of aliphatic hydroxyl groups is 1. The molecule has 0 radical (unpaired) electrons. The van der Waals surface area contributed by atoms with Crippen molar-refractivity contribution >= 4 is 17.7 Å². The van der Waals surface area contributed by atoms with Gasteiger partial charge in [-0.1, -0.05) is 11.6 Å². The third kappa shape index (κ3) is 3.96. The van der Waals surface area contributed by atoms with Gasteiger partial charge in [-0.15, -0.1) is 0 Å². The number of piperidine rings is 1. The summed E-state index contributed by atoms with van der Waals surface area (Å²) in [7, 11) is 0. The predicted molar refractivity (Wildman–Crippen MR) is 89.5 cm³/mol. The number of pyridine rings is 1. The van der Waals surface area contributed by atoms with Crippen molar-refractivity contribution in [2.75, 3.05) is 6.54 Å². The predicted octanol–water partition coefficient (Wildman–Crippen LogP) is 3.65. The second kappa shape index (κ2) is 6.29. The highest BCUT2D eigenvalue weighted by Crippen LogP contribution is 2.40. The van der Waals surface area contributed by atoms with Crippen LogP contribution in [0.1, 0.15) is 51.7 Å². The van der Waals surface area contributed by atoms with E-state index in [1.165, 1.54) is 0 Å². The Morgan fingerprint density at radius 2 is 2.17 bits per heavy atom. The van der Waals surface area contributed by atoms with Gasteiger partial charge in [0.1, 0.15) is 10.8 Å². The Morgan fingerprint density at radius 3 is 2.70 bits per heavy atom. The summed E-state index contributed by atoms with van der Waals surface area (Å²) in [5, 5.41) is 11.4. The van der Waals surface area contributed by atoms with Crippen LogP contribution in [0, 0.1) is 6.92 Å². The van der Waals surface area contributed by atoms with Crippen molar-refractivity contribution < 1.29 is 14.6 Å². The molecule has 1 saturated heterocycles. The zero-order chi connectivity index (χ0) is 17.4. The number of nitrogens with zero attached hydrogens (tertiary/aromatic N) is 2. The molecule has 2 heterocycles. The molecule has 0 unspecified atom stereocenters. The normalized spacial score (nSPS) is 25.3. The molecule has 0 saturated carbocycles. The monoisotopic (exact) mass is 340 g/mol. The summed E-state index contributed by atoms with van der Waals surface area (Å²) < 4.78 is 5.44. The molecule has 6 heteroatoms. The van der Waals surface area contributed by atoms with Crippen molar-refractivity contribution in [3.63, 3.8) is 0 Å². The fourth-order valence-corrected chi connectivity index (χ4v) is 3.51. The average Bonchev–Trinajstić information content (AvgIpc) is 2.35. The Bertz CT molecular complexity index is 580. The van der Waals surface area contributed by atoms with Crippen molar-refractivity contribution in [1.29, 1.82) is 0 Å². The van der Waals surface area contributed by atoms with Gasteiger partial charge in [-0.05, 0) is 52.7 Å². The zero-order valence-corrected chi connectivity index (χ0v) is 15.1. The van der Waals surface area contributed by atoms with E-state index < -0.39 is 11.2 Å². The molecule has 0 bridgehead atoms. The molecule has 128 valence electrons. The van der Waals surface area contributed by atoms with Crippen LogP contribution >= 0.6 is 11.6 Å². The molecular weight excluding hydrogens is 316 g/mol. The zero-order valence-electron chi connectivity index (χ0n) is 14.4. The van der Waals surface area contributed by atoms with Gasteiger partial charge in [0.05, 0.1) is 5.60 Å². The fourth-order valence-electron chi connectivity index (χ4n) is 3.13. The van der Waals surface area contributed by atoms with Gasteiger partial charge in [0, 0.05) is 30.8 Å². The lowest BCUT2D eigenvalue weighted by atomic mass is 9.80. The summed E-state index contributed by atoms with van der Waals surface area (Å²) in [5.41, 5.74) is -0.0380. The number of rotatable bonds is 1. The first-order valence-electron chi connectivity index (χ1n) is 7.87. The molecule has 2 atom stereocenters. The fraction of sp³-hybridized carbons (Fsp3) is 0.647. The largest absolute Gasteiger partial charge is 0.444 e. The van der Waals surface area contributed by atoms with E-state index in [0.29, 0.717) is 30.1 Å². The van der Waals surface area contributed by atoms with Crippen molar-refractivity contribution in [1.82, 2.24) is 9.88 Å². The van der Waals surface area contributed by atoms with Crippen LogP contribution in [0.15, 0.2) is 12.3 Å². The van der Waals surface area contributed by atoms with Gasteiger partial charge in [-0.25, -0.2) is 9.78 Å². The van der Waals surface area contributed by atoms with Gasteiger partial charge >= 0.3 is 6.09 Å². The van der Waals surface area contributed by atoms with E-state index in [9.17, 15) is 9.90 Å². The highest BCUT2D eigenvalue weighted by Gasteiger charge is 2.42. The Morgan fingerprint density at radius 1 is 1.52 bits per heavy atom. The van der Waals surface area contributed by atoms with Gasteiger partial charge < -0.3 is 14.7 Å². The van der Waals surface area contributed by atoms with Crippen LogP contribution in [0.3, 0.4) is 0 Å². The Labute approximate surface area is 142 Å². The van der Waals surface area contributed by atoms with E-state index in [2.05, 4.69) is 4.98 Å². The molecule has 0 aromatic carbocycles. The minimum atomic E-state index is -1.08. The van der Waals surface area contributed by atoms with Crippen LogP contribution in [0.4, 0.5) is 4.79 Å². The van der Waals surface area contributed by atoms with E-state index in [4.69, 9.17) is 16.3 Å². The van der Waals surface area contributed by atoms with Crippen LogP contribution < -0.4 is 0 Å². The number of aromatic nitrogens is 1. The second-order valence-corrected chi connectivity index (χ2v) is 7.66. The number of hydrogen-bond acceptors (Lipinski definition) is 4. The SMILES string of the molecule is Cc1ccnc(Cl)c1[C@]1(O)CCN(C(=O)OC(C)(C)C)[C@H](C)C1. The highest BCUT2D eigenvalue weighted by molar-refractivity contribution is 6.30. The molecule has 2 rings (SSSR count). The molecule has 0 aliphatic carbocycles. The van der Waals surface area contributed by atoms with E-state index >= 15 is 0 Å². The van der Waals surface area contributed by atoms with Crippen molar-refractivity contribution in [3.05, 3.63) is 28.5 Å². The Kier molecular flexibility index (Phi) is 4.92. The molecule has 23 heavy (non-hydrogen) atoms. The first-order valence-corrected chi connectivity index (χ1v) is 8.25. The van der Waals surface area contributed by atoms with Crippen molar-refractivity contribution in [3.8, 4) is 0 Å². The molecule has 1 aromatic rings. The van der Waals surface area contributed by atoms with Crippen molar-refractivity contribution in [2.45, 2.75) is 64.7 Å². The van der Waals surface area contributed by atoms with Gasteiger partial charge in [0.2, 0.25) is 0 Å². The topological polar surface area (TPSA) is 62.7 Å². The van der Waals surface area contributed by atoms with Crippen molar-refractivity contribution in [2.24, 2.45) is 0 Å². The van der Waals surface area contributed by atoms with Gasteiger partial charge in [0.25, 0.3) is 0 Å². The molecule has 1 aliphatic heterocycles. The molecule has 1 fully saturated rings. The summed E-state index contributed by atoms with van der Waals surface area (Å²) in [6, 6.07) is 1.68. The summed E-state index contributed by atoms with van der Waals surface area (Å²) >= 11 is 6.21. The lowest BCUT2D eigenvalue weighted by Gasteiger charge is -2.43. The number of carbonyl (C=O) groups is 1. The van der Waals surface area contributed by atoms with Crippen LogP contribution in [0.5, 0.6) is 0 Å². The van der Waals surface area contributed by atoms with E-state index in [1.807, 2.05) is 40.7 Å². The average molecular weight is 341 g/mol. The number of amides is 1. The van der Waals surface area contributed by atoms with Crippen LogP contribution in [-0.4, -0.2) is 39.3 Å². The summed E-state index contributed by atoms with van der Waals surface area (Å²) in [5.74, 6) is 0. The Hall–Kier alpha value is -1.33. The summed E-state index contributed by atoms with van der Waals surface area (Å²) in [6.07, 6.45) is 2.09. The minimum Gasteiger partial charge on any atom is -0.444 e. The lowest BCUT2D eigenvalue weighted by molar-refractivity contribution is -0.0550. The minimum absolute atomic E-state index is 0.153. The highest BCUT2D eigenvalue weighted by atomic mass is 35.5. The molecule has 1 N–H and O–H groups in total. The maximum Gasteiger partial charge on any atom is 0.410 e. The first kappa shape index (κ1) is 18.0. The van der Waals surface area contributed by atoms with Crippen LogP contribution in [0.2, 0.25) is 5.15 Å². The number of aryl methyl sites for hydroxylation is 1. The van der Waals surface area contributed by atoms with Gasteiger partial charge in [-0.3, -0.25) is 0 Å². The number of halogens is 1. The maximum absolute atomic E-state index is 12.3. The number of carbonyl (C=O) groups excluding carboxylic acids is 1. The Balaban J connectivity index is 2.19. The van der Waals surface area contributed by atoms with Crippen LogP contribution in [0.25, 0.3) is 0 Å². The molecular formula is C17H25ClN2O3. The number of hydrogen-bond donors (Lipinski definition) is 1. The van der Waals surface area contributed by atoms with Gasteiger partial charge in [-0.2, -0.15) is 0 Å². The van der Waals surface area contributed by atoms with Gasteiger partial charge in [0.15, 0.2) is 0 Å². The second-order valence-electron chi connectivity index (χ2n) is 7.30. The third-order valence-corrected chi connectivity index (χ3v) is 4.42. The number of likely N-dealkylation sites (tertiary alicyclic amines) is 1. The number of ether oxygens (including phenoxy) is 1. The summed E-state index contributed by atoms with van der Waals surface area (Å²) in [4.78, 5) is 18.0. The van der Waals surface area contributed by atoms with E-state index in [0.717, 1.165) is 5.56 Å². The maximum atomic E-state index is 12.3. The summed E-state index contributed by atoms with van der Waals surface area (Å²) in [6.45, 7) is 9.76. The molecule has 1 aliphatic rings. The standard InChI is InChI=1S/C17H25ClN2O3/c1-11-6-8-19-14(18)13(11)17(22)7-9-20(12(2)10-17)15(21)23-16(3,4)5/h6,8,12,22H,7,9-10H2,1-5H3/t12-,17+/m1/s1. The molecule has 1 amide bonds. The molecule has 1 aromatic heterocycles. The third-order valence-electron chi connectivity index (χ3n) is 4.14. The quantitative estimate of drug-likeness (QED) is 0.793. The molecule has 0 spiro atoms. The lowest BCUT2D eigenvalue weighted by Crippen LogP contribution is -2.51. The smallest absolute Gasteiger partial charge is 0.410 e. The molecule has 5 nitrogen and oxygen atoms in total. The van der Waals surface area contributed by atoms with E-state index in [-0.39, 0.29) is 12.1 Å².